The van der Waals surface area contributed by atoms with Crippen molar-refractivity contribution in [3.8, 4) is 0 Å². The van der Waals surface area contributed by atoms with Crippen LogP contribution < -0.4 is 0 Å². The Kier molecular flexibility index (Phi) is 6.68. The normalized spacial score (nSPS) is 11.9. The van der Waals surface area contributed by atoms with Gasteiger partial charge in [-0.05, 0) is 31.3 Å². The standard InChI is InChI=1S/C14H21NO2S/c1-4-12(14(16)17-3)7-9-15(2)10-8-13-6-5-11-18-13/h5-7,11H,4,8-10H2,1-3H3. The zero-order chi connectivity index (χ0) is 13.4. The molecule has 4 heteroatoms. The molecule has 0 aliphatic rings. The highest BCUT2D eigenvalue weighted by Crippen LogP contribution is 2.09. The summed E-state index contributed by atoms with van der Waals surface area (Å²) in [5.74, 6) is -0.218. The molecule has 0 spiro atoms. The van der Waals surface area contributed by atoms with E-state index in [0.717, 1.165) is 25.1 Å². The molecule has 100 valence electrons. The van der Waals surface area contributed by atoms with Gasteiger partial charge in [0.2, 0.25) is 0 Å². The highest BCUT2D eigenvalue weighted by atomic mass is 32.1. The molecule has 18 heavy (non-hydrogen) atoms. The average molecular weight is 267 g/mol. The number of thiophene rings is 1. The van der Waals surface area contributed by atoms with Gasteiger partial charge in [0.15, 0.2) is 0 Å². The molecular formula is C14H21NO2S. The number of hydrogen-bond donors (Lipinski definition) is 0. The Morgan fingerprint density at radius 1 is 1.56 bits per heavy atom. The molecule has 0 atom stereocenters. The zero-order valence-corrected chi connectivity index (χ0v) is 12.1. The summed E-state index contributed by atoms with van der Waals surface area (Å²) in [7, 11) is 3.49. The molecule has 0 bridgehead atoms. The van der Waals surface area contributed by atoms with Crippen molar-refractivity contribution in [2.45, 2.75) is 19.8 Å². The number of carbonyl (C=O) groups excluding carboxylic acids is 1. The van der Waals surface area contributed by atoms with Crippen LogP contribution in [0.3, 0.4) is 0 Å². The largest absolute Gasteiger partial charge is 0.466 e. The van der Waals surface area contributed by atoms with Gasteiger partial charge in [-0.2, -0.15) is 0 Å². The van der Waals surface area contributed by atoms with E-state index in [-0.39, 0.29) is 5.97 Å². The fourth-order valence-corrected chi connectivity index (χ4v) is 2.31. The van der Waals surface area contributed by atoms with Gasteiger partial charge >= 0.3 is 5.97 Å². The van der Waals surface area contributed by atoms with E-state index in [1.807, 2.05) is 13.0 Å². The van der Waals surface area contributed by atoms with E-state index >= 15 is 0 Å². The summed E-state index contributed by atoms with van der Waals surface area (Å²) >= 11 is 1.79. The van der Waals surface area contributed by atoms with Crippen molar-refractivity contribution in [2.75, 3.05) is 27.2 Å². The Morgan fingerprint density at radius 2 is 2.33 bits per heavy atom. The third-order valence-corrected chi connectivity index (χ3v) is 3.73. The minimum atomic E-state index is -0.218. The number of hydrogen-bond acceptors (Lipinski definition) is 4. The van der Waals surface area contributed by atoms with Gasteiger partial charge in [0.05, 0.1) is 7.11 Å². The molecule has 0 unspecified atom stereocenters. The van der Waals surface area contributed by atoms with Gasteiger partial charge in [-0.25, -0.2) is 4.79 Å². The molecule has 3 nitrogen and oxygen atoms in total. The predicted molar refractivity (Wildman–Crippen MR) is 75.9 cm³/mol. The third-order valence-electron chi connectivity index (χ3n) is 2.80. The Bertz CT molecular complexity index is 385. The molecule has 0 saturated carbocycles. The second kappa shape index (κ2) is 8.06. The van der Waals surface area contributed by atoms with E-state index in [1.54, 1.807) is 11.3 Å². The molecule has 0 aliphatic carbocycles. The van der Waals surface area contributed by atoms with Crippen LogP contribution in [0.5, 0.6) is 0 Å². The Balaban J connectivity index is 2.37. The molecule has 1 aromatic heterocycles. The second-order valence-electron chi connectivity index (χ2n) is 4.17. The SMILES string of the molecule is CCC(=CCN(C)CCc1cccs1)C(=O)OC. The maximum Gasteiger partial charge on any atom is 0.333 e. The Labute approximate surface area is 113 Å². The molecule has 1 rings (SSSR count). The molecule has 0 aromatic carbocycles. The molecule has 1 heterocycles. The first kappa shape index (κ1) is 14.9. The summed E-state index contributed by atoms with van der Waals surface area (Å²) < 4.78 is 4.73. The number of carbonyl (C=O) groups is 1. The molecule has 0 aliphatic heterocycles. The predicted octanol–water partition coefficient (Wildman–Crippen LogP) is 2.73. The van der Waals surface area contributed by atoms with E-state index in [1.165, 1.54) is 12.0 Å². The number of rotatable bonds is 7. The van der Waals surface area contributed by atoms with E-state index in [0.29, 0.717) is 6.42 Å². The zero-order valence-electron chi connectivity index (χ0n) is 11.3. The fourth-order valence-electron chi connectivity index (χ4n) is 1.62. The van der Waals surface area contributed by atoms with Crippen molar-refractivity contribution in [3.05, 3.63) is 34.0 Å². The maximum atomic E-state index is 11.4. The van der Waals surface area contributed by atoms with Crippen molar-refractivity contribution in [1.82, 2.24) is 4.90 Å². The van der Waals surface area contributed by atoms with Crippen molar-refractivity contribution in [2.24, 2.45) is 0 Å². The molecule has 0 fully saturated rings. The number of methoxy groups -OCH3 is 1. The molecule has 1 aromatic rings. The highest BCUT2D eigenvalue weighted by molar-refractivity contribution is 7.09. The first-order valence-corrected chi connectivity index (χ1v) is 7.03. The minimum absolute atomic E-state index is 0.218. The summed E-state index contributed by atoms with van der Waals surface area (Å²) in [5, 5.41) is 2.10. The van der Waals surface area contributed by atoms with Gasteiger partial charge in [-0.15, -0.1) is 11.3 Å². The summed E-state index contributed by atoms with van der Waals surface area (Å²) in [6.07, 6.45) is 3.73. The van der Waals surface area contributed by atoms with Crippen LogP contribution in [0.15, 0.2) is 29.2 Å². The van der Waals surface area contributed by atoms with Crippen molar-refractivity contribution < 1.29 is 9.53 Å². The van der Waals surface area contributed by atoms with Crippen LogP contribution >= 0.6 is 11.3 Å². The highest BCUT2D eigenvalue weighted by Gasteiger charge is 2.07. The quantitative estimate of drug-likeness (QED) is 0.562. The van der Waals surface area contributed by atoms with Crippen LogP contribution in [0.2, 0.25) is 0 Å². The fraction of sp³-hybridized carbons (Fsp3) is 0.500. The number of esters is 1. The van der Waals surface area contributed by atoms with Crippen molar-refractivity contribution in [3.63, 3.8) is 0 Å². The third kappa shape index (κ3) is 5.02. The first-order valence-electron chi connectivity index (χ1n) is 6.15. The van der Waals surface area contributed by atoms with Crippen molar-refractivity contribution in [1.29, 1.82) is 0 Å². The number of likely N-dealkylation sites (N-methyl/N-ethyl adjacent to an activating group) is 1. The van der Waals surface area contributed by atoms with E-state index in [4.69, 9.17) is 4.74 Å². The van der Waals surface area contributed by atoms with Crippen molar-refractivity contribution >= 4 is 17.3 Å². The lowest BCUT2D eigenvalue weighted by atomic mass is 10.2. The summed E-state index contributed by atoms with van der Waals surface area (Å²) in [4.78, 5) is 15.0. The monoisotopic (exact) mass is 267 g/mol. The summed E-state index contributed by atoms with van der Waals surface area (Å²) in [6.45, 7) is 3.74. The lowest BCUT2D eigenvalue weighted by Crippen LogP contribution is -2.21. The topological polar surface area (TPSA) is 29.5 Å². The first-order chi connectivity index (χ1) is 8.67. The smallest absolute Gasteiger partial charge is 0.333 e. The van der Waals surface area contributed by atoms with Gasteiger partial charge in [0.25, 0.3) is 0 Å². The Morgan fingerprint density at radius 3 is 2.89 bits per heavy atom. The van der Waals surface area contributed by atoms with Gasteiger partial charge < -0.3 is 9.64 Å². The maximum absolute atomic E-state index is 11.4. The van der Waals surface area contributed by atoms with Crippen LogP contribution in [-0.2, 0) is 16.0 Å². The van der Waals surface area contributed by atoms with Gasteiger partial charge in [0.1, 0.15) is 0 Å². The molecule has 0 amide bonds. The number of ether oxygens (including phenoxy) is 1. The van der Waals surface area contributed by atoms with Crippen LogP contribution in [0.1, 0.15) is 18.2 Å². The van der Waals surface area contributed by atoms with Crippen LogP contribution in [-0.4, -0.2) is 38.1 Å². The lowest BCUT2D eigenvalue weighted by molar-refractivity contribution is -0.136. The molecular weight excluding hydrogens is 246 g/mol. The minimum Gasteiger partial charge on any atom is -0.466 e. The summed E-state index contributed by atoms with van der Waals surface area (Å²) in [6, 6.07) is 4.23. The molecule has 0 saturated heterocycles. The van der Waals surface area contributed by atoms with E-state index in [9.17, 15) is 4.79 Å². The van der Waals surface area contributed by atoms with E-state index < -0.39 is 0 Å². The van der Waals surface area contributed by atoms with E-state index in [2.05, 4.69) is 29.5 Å². The van der Waals surface area contributed by atoms with Crippen LogP contribution in [0, 0.1) is 0 Å². The van der Waals surface area contributed by atoms with Gasteiger partial charge in [-0.3, -0.25) is 0 Å². The second-order valence-corrected chi connectivity index (χ2v) is 5.20. The number of nitrogens with zero attached hydrogens (tertiary/aromatic N) is 1. The van der Waals surface area contributed by atoms with Crippen LogP contribution in [0.25, 0.3) is 0 Å². The molecule has 0 radical (unpaired) electrons. The lowest BCUT2D eigenvalue weighted by Gasteiger charge is -2.14. The Hall–Kier alpha value is -1.13. The van der Waals surface area contributed by atoms with Gasteiger partial charge in [-0.1, -0.05) is 19.1 Å². The molecule has 0 N–H and O–H groups in total. The van der Waals surface area contributed by atoms with Crippen LogP contribution in [0.4, 0.5) is 0 Å². The van der Waals surface area contributed by atoms with Gasteiger partial charge in [0, 0.05) is 23.5 Å². The average Bonchev–Trinajstić information content (AvgIpc) is 2.89. The summed E-state index contributed by atoms with van der Waals surface area (Å²) in [5.41, 5.74) is 0.750.